The number of likely N-dealkylation sites (tertiary alicyclic amines) is 1. The molecule has 244 valence electrons. The third kappa shape index (κ3) is 6.78. The van der Waals surface area contributed by atoms with E-state index in [4.69, 9.17) is 5.73 Å². The topological polar surface area (TPSA) is 108 Å². The number of piperazine rings is 1. The van der Waals surface area contributed by atoms with Gasteiger partial charge in [-0.05, 0) is 75.4 Å². The molecular weight excluding hydrogens is 602 g/mol. The van der Waals surface area contributed by atoms with E-state index in [9.17, 15) is 18.0 Å². The number of likely N-dealkylation sites (N-methyl/N-ethyl adjacent to an activating group) is 1. The zero-order valence-corrected chi connectivity index (χ0v) is 25.7. The van der Waals surface area contributed by atoms with Crippen LogP contribution in [0.15, 0.2) is 48.9 Å². The van der Waals surface area contributed by atoms with Gasteiger partial charge in [-0.25, -0.2) is 19.2 Å². The van der Waals surface area contributed by atoms with E-state index in [1.54, 1.807) is 6.07 Å². The maximum atomic E-state index is 15.4. The van der Waals surface area contributed by atoms with Crippen molar-refractivity contribution in [2.75, 3.05) is 69.7 Å². The molecule has 0 unspecified atom stereocenters. The lowest BCUT2D eigenvalue weighted by Gasteiger charge is -2.33. The Kier molecular flexibility index (Phi) is 8.86. The number of nitrogens with two attached hydrogens (primary N) is 1. The van der Waals surface area contributed by atoms with Gasteiger partial charge < -0.3 is 30.7 Å². The van der Waals surface area contributed by atoms with Crippen molar-refractivity contribution in [2.24, 2.45) is 0 Å². The summed E-state index contributed by atoms with van der Waals surface area (Å²) in [5.41, 5.74) is 7.25. The Morgan fingerprint density at radius 3 is 2.37 bits per heavy atom. The summed E-state index contributed by atoms with van der Waals surface area (Å²) < 4.78 is 59.4. The molecule has 2 fully saturated rings. The van der Waals surface area contributed by atoms with E-state index in [1.807, 2.05) is 18.1 Å². The summed E-state index contributed by atoms with van der Waals surface area (Å²) in [6.45, 7) is 4.93. The molecule has 0 bridgehead atoms. The quantitative estimate of drug-likeness (QED) is 0.240. The summed E-state index contributed by atoms with van der Waals surface area (Å²) in [5, 5.41) is 5.44. The monoisotopic (exact) mass is 639 g/mol. The van der Waals surface area contributed by atoms with Crippen molar-refractivity contribution in [2.45, 2.75) is 31.6 Å². The van der Waals surface area contributed by atoms with Crippen LogP contribution in [0.4, 0.5) is 39.5 Å². The number of aromatic nitrogens is 3. The summed E-state index contributed by atoms with van der Waals surface area (Å²) in [4.78, 5) is 27.8. The Morgan fingerprint density at radius 1 is 0.957 bits per heavy atom. The molecule has 10 nitrogen and oxygen atoms in total. The highest BCUT2D eigenvalue weighted by Gasteiger charge is 2.34. The van der Waals surface area contributed by atoms with Crippen LogP contribution in [0.2, 0.25) is 0 Å². The fourth-order valence-corrected chi connectivity index (χ4v) is 6.25. The number of carbonyl (C=O) groups excluding carboxylic acids is 1. The summed E-state index contributed by atoms with van der Waals surface area (Å²) in [6.07, 6.45) is 0.589. The molecule has 2 saturated heterocycles. The number of urea groups is 1. The van der Waals surface area contributed by atoms with Gasteiger partial charge in [-0.1, -0.05) is 12.1 Å². The van der Waals surface area contributed by atoms with Gasteiger partial charge in [0.25, 0.3) is 0 Å². The molecule has 2 aliphatic rings. The van der Waals surface area contributed by atoms with Gasteiger partial charge in [0.05, 0.1) is 16.6 Å². The lowest BCUT2D eigenvalue weighted by Crippen LogP contribution is -2.44. The van der Waals surface area contributed by atoms with Crippen LogP contribution in [0.1, 0.15) is 30.0 Å². The number of piperidine rings is 1. The molecule has 4 N–H and O–H groups in total. The number of nitrogen functional groups attached to an aromatic ring is 1. The number of alkyl halides is 3. The van der Waals surface area contributed by atoms with Gasteiger partial charge in [0.2, 0.25) is 0 Å². The van der Waals surface area contributed by atoms with Gasteiger partial charge in [0.1, 0.15) is 23.6 Å². The van der Waals surface area contributed by atoms with Crippen LogP contribution in [0.5, 0.6) is 0 Å². The summed E-state index contributed by atoms with van der Waals surface area (Å²) in [5.74, 6) is -0.441. The van der Waals surface area contributed by atoms with Crippen molar-refractivity contribution in [1.29, 1.82) is 0 Å². The summed E-state index contributed by atoms with van der Waals surface area (Å²) >= 11 is 0. The van der Waals surface area contributed by atoms with E-state index in [-0.39, 0.29) is 35.3 Å². The van der Waals surface area contributed by atoms with Gasteiger partial charge in [-0.15, -0.1) is 0 Å². The second-order valence-electron chi connectivity index (χ2n) is 12.2. The molecule has 2 aromatic carbocycles. The maximum absolute atomic E-state index is 15.4. The van der Waals surface area contributed by atoms with E-state index in [0.717, 1.165) is 45.1 Å². The number of fused-ring (bicyclic) bond motifs is 1. The van der Waals surface area contributed by atoms with Gasteiger partial charge >= 0.3 is 12.2 Å². The SMILES string of the molecule is CN1CCC(n2cc(-c3ccc(NC(=O)Nc4ccc(CN5CCN(C)CC5)c(C(F)(F)F)c4)c(F)c3)c3c(N)ncnc32)CC1. The second kappa shape index (κ2) is 12.9. The highest BCUT2D eigenvalue weighted by molar-refractivity contribution is 6.02. The minimum atomic E-state index is -4.61. The Balaban J connectivity index is 1.19. The van der Waals surface area contributed by atoms with Crippen LogP contribution in [0.3, 0.4) is 0 Å². The first kappa shape index (κ1) is 31.7. The zero-order chi connectivity index (χ0) is 32.6. The molecule has 2 aromatic heterocycles. The van der Waals surface area contributed by atoms with Crippen molar-refractivity contribution in [3.63, 3.8) is 0 Å². The van der Waals surface area contributed by atoms with E-state index >= 15 is 4.39 Å². The van der Waals surface area contributed by atoms with Crippen LogP contribution >= 0.6 is 0 Å². The fraction of sp³-hybridized carbons (Fsp3) is 0.406. The van der Waals surface area contributed by atoms with E-state index in [2.05, 4.69) is 42.0 Å². The van der Waals surface area contributed by atoms with E-state index in [0.29, 0.717) is 35.2 Å². The van der Waals surface area contributed by atoms with Gasteiger partial charge in [0, 0.05) is 56.2 Å². The van der Waals surface area contributed by atoms with Crippen LogP contribution in [-0.2, 0) is 12.7 Å². The minimum absolute atomic E-state index is 0.0545. The first-order chi connectivity index (χ1) is 22.0. The molecular formula is C32H37F4N9O. The predicted molar refractivity (Wildman–Crippen MR) is 170 cm³/mol. The lowest BCUT2D eigenvalue weighted by molar-refractivity contribution is -0.138. The van der Waals surface area contributed by atoms with Crippen molar-refractivity contribution in [3.05, 3.63) is 65.9 Å². The van der Waals surface area contributed by atoms with Gasteiger partial charge in [-0.2, -0.15) is 13.2 Å². The number of rotatable bonds is 6. The third-order valence-corrected chi connectivity index (χ3v) is 8.91. The number of benzene rings is 2. The van der Waals surface area contributed by atoms with Crippen LogP contribution in [0, 0.1) is 5.82 Å². The standard InChI is InChI=1S/C32H37F4N9O/c1-42-9-7-23(8-10-42)45-18-24(28-29(37)38-19-39-30(28)45)20-4-6-27(26(33)15-20)41-31(46)40-22-5-3-21(25(16-22)32(34,35)36)17-44-13-11-43(2)12-14-44/h3-6,15-16,18-19,23H,7-14,17H2,1-2H3,(H2,37,38,39)(H2,40,41,46). The number of halogens is 4. The zero-order valence-electron chi connectivity index (χ0n) is 25.7. The molecule has 46 heavy (non-hydrogen) atoms. The normalized spacial score (nSPS) is 17.4. The number of hydrogen-bond acceptors (Lipinski definition) is 7. The second-order valence-corrected chi connectivity index (χ2v) is 12.2. The van der Waals surface area contributed by atoms with Gasteiger partial charge in [-0.3, -0.25) is 4.90 Å². The van der Waals surface area contributed by atoms with E-state index < -0.39 is 23.6 Å². The third-order valence-electron chi connectivity index (χ3n) is 8.91. The summed E-state index contributed by atoms with van der Waals surface area (Å²) in [7, 11) is 4.06. The highest BCUT2D eigenvalue weighted by atomic mass is 19.4. The molecule has 2 amide bonds. The molecule has 0 spiro atoms. The smallest absolute Gasteiger partial charge is 0.383 e. The Bertz CT molecular complexity index is 1720. The molecule has 14 heteroatoms. The molecule has 6 rings (SSSR count). The first-order valence-electron chi connectivity index (χ1n) is 15.2. The molecule has 2 aliphatic heterocycles. The van der Waals surface area contributed by atoms with Crippen molar-refractivity contribution >= 4 is 34.3 Å². The summed E-state index contributed by atoms with van der Waals surface area (Å²) in [6, 6.07) is 7.38. The lowest BCUT2D eigenvalue weighted by atomic mass is 10.0. The molecule has 0 radical (unpaired) electrons. The molecule has 4 aromatic rings. The Hall–Kier alpha value is -4.27. The average molecular weight is 640 g/mol. The fourth-order valence-electron chi connectivity index (χ4n) is 6.25. The van der Waals surface area contributed by atoms with Crippen LogP contribution in [-0.4, -0.2) is 88.6 Å². The molecule has 4 heterocycles. The predicted octanol–water partition coefficient (Wildman–Crippen LogP) is 5.50. The van der Waals surface area contributed by atoms with Crippen LogP contribution < -0.4 is 16.4 Å². The van der Waals surface area contributed by atoms with E-state index in [1.165, 1.54) is 30.6 Å². The maximum Gasteiger partial charge on any atom is 0.416 e. The van der Waals surface area contributed by atoms with Crippen molar-refractivity contribution in [3.8, 4) is 11.1 Å². The van der Waals surface area contributed by atoms with Crippen molar-refractivity contribution in [1.82, 2.24) is 29.2 Å². The number of nitrogens with one attached hydrogen (secondary N) is 2. The number of anilines is 3. The van der Waals surface area contributed by atoms with Crippen molar-refractivity contribution < 1.29 is 22.4 Å². The molecule has 0 saturated carbocycles. The Morgan fingerprint density at radius 2 is 1.67 bits per heavy atom. The minimum Gasteiger partial charge on any atom is -0.383 e. The van der Waals surface area contributed by atoms with Gasteiger partial charge in [0.15, 0.2) is 0 Å². The largest absolute Gasteiger partial charge is 0.416 e. The first-order valence-corrected chi connectivity index (χ1v) is 15.2. The van der Waals surface area contributed by atoms with Crippen LogP contribution in [0.25, 0.3) is 22.2 Å². The number of nitrogens with zero attached hydrogens (tertiary/aromatic N) is 6. The average Bonchev–Trinajstić information content (AvgIpc) is 3.41. The molecule has 0 atom stereocenters. The number of hydrogen-bond donors (Lipinski definition) is 3. The Labute approximate surface area is 264 Å². The highest BCUT2D eigenvalue weighted by Crippen LogP contribution is 2.38. The number of amides is 2. The number of carbonyl (C=O) groups is 1. The molecule has 0 aliphatic carbocycles.